The van der Waals surface area contributed by atoms with Crippen LogP contribution in [0.1, 0.15) is 20.3 Å². The van der Waals surface area contributed by atoms with Crippen LogP contribution in [0.25, 0.3) is 11.6 Å². The predicted molar refractivity (Wildman–Crippen MR) is 69.4 cm³/mol. The van der Waals surface area contributed by atoms with Crippen LogP contribution in [-0.2, 0) is 11.3 Å². The van der Waals surface area contributed by atoms with Crippen LogP contribution in [0.4, 0.5) is 0 Å². The number of aliphatic hydroxyl groups is 1. The quantitative estimate of drug-likeness (QED) is 0.783. The molecule has 0 aliphatic carbocycles. The van der Waals surface area contributed by atoms with E-state index in [2.05, 4.69) is 20.7 Å². The third-order valence-electron chi connectivity index (χ3n) is 2.91. The molecule has 1 amide bonds. The Morgan fingerprint density at radius 2 is 2.40 bits per heavy atom. The average Bonchev–Trinajstić information content (AvgIpc) is 3.07. The predicted octanol–water partition coefficient (Wildman–Crippen LogP) is 0.210. The van der Waals surface area contributed by atoms with Crippen molar-refractivity contribution >= 4 is 5.91 Å². The standard InChI is InChI=1S/C12H17N5O3/c1-3-12(2,19)8-13-10(18)7-17-15-11(14-16-17)9-5-4-6-20-9/h4-6,19H,3,7-8H2,1-2H3,(H,13,18). The molecule has 0 aromatic carbocycles. The Bertz CT molecular complexity index is 561. The molecule has 0 saturated heterocycles. The number of nitrogens with one attached hydrogen (secondary N) is 1. The minimum absolute atomic E-state index is 0.0620. The average molecular weight is 279 g/mol. The molecule has 8 heteroatoms. The van der Waals surface area contributed by atoms with E-state index in [9.17, 15) is 9.90 Å². The lowest BCUT2D eigenvalue weighted by Crippen LogP contribution is -2.41. The number of carbonyl (C=O) groups excluding carboxylic acids is 1. The number of carbonyl (C=O) groups is 1. The Kier molecular flexibility index (Phi) is 4.14. The van der Waals surface area contributed by atoms with Crippen molar-refractivity contribution < 1.29 is 14.3 Å². The molecule has 2 N–H and O–H groups in total. The fraction of sp³-hybridized carbons (Fsp3) is 0.500. The number of rotatable bonds is 6. The first-order valence-electron chi connectivity index (χ1n) is 6.31. The molecule has 20 heavy (non-hydrogen) atoms. The zero-order valence-electron chi connectivity index (χ0n) is 11.4. The molecule has 2 rings (SSSR count). The van der Waals surface area contributed by atoms with E-state index in [0.717, 1.165) is 0 Å². The molecule has 8 nitrogen and oxygen atoms in total. The summed E-state index contributed by atoms with van der Waals surface area (Å²) in [6, 6.07) is 3.43. The van der Waals surface area contributed by atoms with E-state index in [1.165, 1.54) is 11.1 Å². The van der Waals surface area contributed by atoms with Gasteiger partial charge in [-0.1, -0.05) is 6.92 Å². The van der Waals surface area contributed by atoms with Gasteiger partial charge in [0.25, 0.3) is 0 Å². The van der Waals surface area contributed by atoms with E-state index >= 15 is 0 Å². The highest BCUT2D eigenvalue weighted by molar-refractivity contribution is 5.75. The third kappa shape index (κ3) is 3.64. The molecule has 108 valence electrons. The third-order valence-corrected chi connectivity index (χ3v) is 2.91. The highest BCUT2D eigenvalue weighted by atomic mass is 16.3. The highest BCUT2D eigenvalue weighted by Gasteiger charge is 2.19. The lowest BCUT2D eigenvalue weighted by atomic mass is 10.0. The number of aromatic nitrogens is 4. The lowest BCUT2D eigenvalue weighted by Gasteiger charge is -2.21. The number of nitrogens with zero attached hydrogens (tertiary/aromatic N) is 4. The van der Waals surface area contributed by atoms with E-state index in [1.54, 1.807) is 19.1 Å². The SMILES string of the molecule is CCC(C)(O)CNC(=O)Cn1nnc(-c2ccco2)n1. The zero-order chi connectivity index (χ0) is 14.6. The van der Waals surface area contributed by atoms with Gasteiger partial charge in [-0.15, -0.1) is 10.2 Å². The summed E-state index contributed by atoms with van der Waals surface area (Å²) in [5.41, 5.74) is -0.912. The molecule has 2 aromatic heterocycles. The minimum atomic E-state index is -0.912. The summed E-state index contributed by atoms with van der Waals surface area (Å²) >= 11 is 0. The van der Waals surface area contributed by atoms with Crippen molar-refractivity contribution in [2.24, 2.45) is 0 Å². The van der Waals surface area contributed by atoms with Crippen LogP contribution in [0.5, 0.6) is 0 Å². The smallest absolute Gasteiger partial charge is 0.243 e. The maximum absolute atomic E-state index is 11.7. The van der Waals surface area contributed by atoms with Crippen molar-refractivity contribution in [3.8, 4) is 11.6 Å². The molecule has 0 bridgehead atoms. The summed E-state index contributed by atoms with van der Waals surface area (Å²) in [4.78, 5) is 12.9. The topological polar surface area (TPSA) is 106 Å². The second-order valence-electron chi connectivity index (χ2n) is 4.75. The van der Waals surface area contributed by atoms with E-state index in [4.69, 9.17) is 4.42 Å². The van der Waals surface area contributed by atoms with Crippen molar-refractivity contribution in [2.75, 3.05) is 6.54 Å². The Morgan fingerprint density at radius 1 is 1.60 bits per heavy atom. The van der Waals surface area contributed by atoms with E-state index in [0.29, 0.717) is 18.0 Å². The van der Waals surface area contributed by atoms with Crippen LogP contribution in [0, 0.1) is 0 Å². The number of tetrazole rings is 1. The monoisotopic (exact) mass is 279 g/mol. The molecule has 1 unspecified atom stereocenters. The van der Waals surface area contributed by atoms with Crippen molar-refractivity contribution in [1.82, 2.24) is 25.5 Å². The molecular formula is C12H17N5O3. The molecule has 0 aliphatic heterocycles. The first-order valence-corrected chi connectivity index (χ1v) is 6.31. The summed E-state index contributed by atoms with van der Waals surface area (Å²) in [6.07, 6.45) is 2.06. The Hall–Kier alpha value is -2.22. The van der Waals surface area contributed by atoms with Crippen LogP contribution < -0.4 is 5.32 Å². The van der Waals surface area contributed by atoms with Crippen molar-refractivity contribution in [2.45, 2.75) is 32.4 Å². The zero-order valence-corrected chi connectivity index (χ0v) is 11.4. The van der Waals surface area contributed by atoms with Gasteiger partial charge in [-0.25, -0.2) is 0 Å². The normalized spacial score (nSPS) is 13.9. The van der Waals surface area contributed by atoms with Crippen molar-refractivity contribution in [3.63, 3.8) is 0 Å². The number of furan rings is 1. The van der Waals surface area contributed by atoms with Crippen molar-refractivity contribution in [1.29, 1.82) is 0 Å². The number of hydrogen-bond acceptors (Lipinski definition) is 6. The van der Waals surface area contributed by atoms with Gasteiger partial charge in [0.15, 0.2) is 5.76 Å². The molecule has 0 saturated carbocycles. The van der Waals surface area contributed by atoms with Crippen molar-refractivity contribution in [3.05, 3.63) is 18.4 Å². The van der Waals surface area contributed by atoms with Gasteiger partial charge in [0.1, 0.15) is 6.54 Å². The summed E-state index contributed by atoms with van der Waals surface area (Å²) in [7, 11) is 0. The van der Waals surface area contributed by atoms with Crippen LogP contribution in [0.15, 0.2) is 22.8 Å². The summed E-state index contributed by atoms with van der Waals surface area (Å²) < 4.78 is 5.13. The molecule has 0 spiro atoms. The molecule has 2 aromatic rings. The van der Waals surface area contributed by atoms with Gasteiger partial charge in [0, 0.05) is 6.54 Å². The van der Waals surface area contributed by atoms with E-state index < -0.39 is 5.60 Å². The van der Waals surface area contributed by atoms with Gasteiger partial charge in [-0.05, 0) is 30.7 Å². The summed E-state index contributed by atoms with van der Waals surface area (Å²) in [5.74, 6) is 0.524. The van der Waals surface area contributed by atoms with Crippen LogP contribution in [0.3, 0.4) is 0 Å². The fourth-order valence-corrected chi connectivity index (χ4v) is 1.41. The number of amides is 1. The fourth-order valence-electron chi connectivity index (χ4n) is 1.41. The second-order valence-corrected chi connectivity index (χ2v) is 4.75. The molecule has 0 radical (unpaired) electrons. The largest absolute Gasteiger partial charge is 0.461 e. The Labute approximate surface area is 115 Å². The summed E-state index contributed by atoms with van der Waals surface area (Å²) in [6.45, 7) is 3.63. The van der Waals surface area contributed by atoms with Crippen LogP contribution in [0.2, 0.25) is 0 Å². The van der Waals surface area contributed by atoms with Crippen LogP contribution >= 0.6 is 0 Å². The molecule has 2 heterocycles. The molecular weight excluding hydrogens is 262 g/mol. The Balaban J connectivity index is 1.89. The van der Waals surface area contributed by atoms with Gasteiger partial charge < -0.3 is 14.8 Å². The molecule has 1 atom stereocenters. The number of hydrogen-bond donors (Lipinski definition) is 2. The maximum Gasteiger partial charge on any atom is 0.243 e. The maximum atomic E-state index is 11.7. The highest BCUT2D eigenvalue weighted by Crippen LogP contribution is 2.12. The molecule has 0 fully saturated rings. The van der Waals surface area contributed by atoms with Gasteiger partial charge in [-0.2, -0.15) is 4.80 Å². The van der Waals surface area contributed by atoms with Crippen LogP contribution in [-0.4, -0.2) is 43.4 Å². The molecule has 0 aliphatic rings. The van der Waals surface area contributed by atoms with E-state index in [-0.39, 0.29) is 19.0 Å². The lowest BCUT2D eigenvalue weighted by molar-refractivity contribution is -0.123. The van der Waals surface area contributed by atoms with Gasteiger partial charge in [-0.3, -0.25) is 4.79 Å². The minimum Gasteiger partial charge on any atom is -0.461 e. The first kappa shape index (κ1) is 14.2. The van der Waals surface area contributed by atoms with Gasteiger partial charge in [0.05, 0.1) is 11.9 Å². The Morgan fingerprint density at radius 3 is 3.05 bits per heavy atom. The van der Waals surface area contributed by atoms with Gasteiger partial charge in [0.2, 0.25) is 11.7 Å². The van der Waals surface area contributed by atoms with Gasteiger partial charge >= 0.3 is 0 Å². The first-order chi connectivity index (χ1) is 9.50. The van der Waals surface area contributed by atoms with E-state index in [1.807, 2.05) is 6.92 Å². The second kappa shape index (κ2) is 5.83. The summed E-state index contributed by atoms with van der Waals surface area (Å²) in [5, 5.41) is 24.0.